The summed E-state index contributed by atoms with van der Waals surface area (Å²) in [6.45, 7) is 0. The first-order valence-corrected chi connectivity index (χ1v) is 6.49. The molecule has 3 heterocycles. The van der Waals surface area contributed by atoms with Crippen molar-refractivity contribution in [2.45, 2.75) is 0 Å². The quantitative estimate of drug-likeness (QED) is 0.624. The van der Waals surface area contributed by atoms with Crippen LogP contribution in [-0.4, -0.2) is 26.6 Å². The van der Waals surface area contributed by atoms with Crippen LogP contribution >= 0.6 is 0 Å². The average Bonchev–Trinajstić information content (AvgIpc) is 3.19. The van der Waals surface area contributed by atoms with Crippen molar-refractivity contribution in [3.63, 3.8) is 0 Å². The molecule has 1 aliphatic heterocycles. The highest BCUT2D eigenvalue weighted by Crippen LogP contribution is 2.19. The Bertz CT molecular complexity index is 853. The van der Waals surface area contributed by atoms with Gasteiger partial charge >= 0.3 is 0 Å². The number of hydrogen-bond acceptors (Lipinski definition) is 3. The minimum Gasteiger partial charge on any atom is -0.355 e. The highest BCUT2D eigenvalue weighted by molar-refractivity contribution is 6.32. The van der Waals surface area contributed by atoms with Gasteiger partial charge in [0.05, 0.1) is 5.57 Å². The fourth-order valence-corrected chi connectivity index (χ4v) is 2.37. The second-order valence-corrected chi connectivity index (χ2v) is 4.71. The molecule has 0 spiro atoms. The van der Waals surface area contributed by atoms with Crippen LogP contribution in [0, 0.1) is 0 Å². The Labute approximate surface area is 119 Å². The predicted octanol–water partition coefficient (Wildman–Crippen LogP) is 1.81. The minimum absolute atomic E-state index is 0.236. The molecule has 0 saturated heterocycles. The molecule has 0 unspecified atom stereocenters. The first-order valence-electron chi connectivity index (χ1n) is 6.49. The number of aromatic amines is 2. The summed E-state index contributed by atoms with van der Waals surface area (Å²) in [6.07, 6.45) is 5.10. The summed E-state index contributed by atoms with van der Waals surface area (Å²) in [7, 11) is 0. The van der Waals surface area contributed by atoms with E-state index < -0.39 is 0 Å². The Hall–Kier alpha value is -3.15. The van der Waals surface area contributed by atoms with E-state index in [1.54, 1.807) is 18.5 Å². The molecule has 4 rings (SSSR count). The van der Waals surface area contributed by atoms with E-state index >= 15 is 0 Å². The Morgan fingerprint density at radius 2 is 2.10 bits per heavy atom. The molecular formula is C15H11N5O. The lowest BCUT2D eigenvalue weighted by Crippen LogP contribution is -2.14. The van der Waals surface area contributed by atoms with Crippen LogP contribution in [0.3, 0.4) is 0 Å². The summed E-state index contributed by atoms with van der Waals surface area (Å²) < 4.78 is 0. The van der Waals surface area contributed by atoms with E-state index in [1.807, 2.05) is 30.3 Å². The van der Waals surface area contributed by atoms with E-state index in [0.29, 0.717) is 17.1 Å². The van der Waals surface area contributed by atoms with Crippen LogP contribution in [0.4, 0.5) is 0 Å². The molecule has 1 aliphatic rings. The zero-order valence-electron chi connectivity index (χ0n) is 10.9. The summed E-state index contributed by atoms with van der Waals surface area (Å²) in [6, 6.07) is 9.95. The maximum atomic E-state index is 11.9. The van der Waals surface area contributed by atoms with Gasteiger partial charge in [-0.05, 0) is 23.6 Å². The molecule has 0 bridgehead atoms. The number of benzene rings is 1. The number of aromatic nitrogens is 3. The first-order chi connectivity index (χ1) is 10.3. The normalized spacial score (nSPS) is 16.5. The van der Waals surface area contributed by atoms with Gasteiger partial charge in [0.15, 0.2) is 5.82 Å². The van der Waals surface area contributed by atoms with Gasteiger partial charge in [-0.2, -0.15) is 5.10 Å². The third-order valence-electron chi connectivity index (χ3n) is 3.34. The molecule has 6 heteroatoms. The Kier molecular flexibility index (Phi) is 2.47. The van der Waals surface area contributed by atoms with Gasteiger partial charge in [0.1, 0.15) is 5.71 Å². The van der Waals surface area contributed by atoms with Gasteiger partial charge in [0.2, 0.25) is 0 Å². The summed E-state index contributed by atoms with van der Waals surface area (Å²) in [5.41, 5.74) is 5.35. The van der Waals surface area contributed by atoms with Crippen LogP contribution in [0.5, 0.6) is 0 Å². The number of fused-ring (bicyclic) bond motifs is 1. The predicted molar refractivity (Wildman–Crippen MR) is 79.5 cm³/mol. The monoisotopic (exact) mass is 277 g/mol. The second-order valence-electron chi connectivity index (χ2n) is 4.71. The number of nitrogens with zero attached hydrogens (tertiary/aromatic N) is 2. The van der Waals surface area contributed by atoms with E-state index in [4.69, 9.17) is 0 Å². The minimum atomic E-state index is -0.236. The molecular weight excluding hydrogens is 266 g/mol. The summed E-state index contributed by atoms with van der Waals surface area (Å²) >= 11 is 0. The van der Waals surface area contributed by atoms with E-state index in [2.05, 4.69) is 25.5 Å². The largest absolute Gasteiger partial charge is 0.355 e. The highest BCUT2D eigenvalue weighted by Gasteiger charge is 2.25. The summed E-state index contributed by atoms with van der Waals surface area (Å²) in [5.74, 6) is 0.329. The molecule has 2 aromatic heterocycles. The van der Waals surface area contributed by atoms with Gasteiger partial charge in [-0.15, -0.1) is 0 Å². The molecule has 102 valence electrons. The SMILES string of the molecule is O=C1NN=C(c2ncc[nH]2)/C1=C\c1cc2ccccc2[nH]1. The maximum absolute atomic E-state index is 11.9. The van der Waals surface area contributed by atoms with Crippen LogP contribution in [0.25, 0.3) is 17.0 Å². The molecule has 0 atom stereocenters. The van der Waals surface area contributed by atoms with Gasteiger partial charge < -0.3 is 9.97 Å². The van der Waals surface area contributed by atoms with Crippen LogP contribution in [-0.2, 0) is 4.79 Å². The van der Waals surface area contributed by atoms with Crippen LogP contribution in [0.15, 0.2) is 53.4 Å². The number of H-pyrrole nitrogens is 2. The van der Waals surface area contributed by atoms with Crippen LogP contribution in [0.2, 0.25) is 0 Å². The zero-order chi connectivity index (χ0) is 14.2. The average molecular weight is 277 g/mol. The Morgan fingerprint density at radius 3 is 2.90 bits per heavy atom. The zero-order valence-corrected chi connectivity index (χ0v) is 10.9. The van der Waals surface area contributed by atoms with Gasteiger partial charge in [-0.25, -0.2) is 10.4 Å². The number of nitrogens with one attached hydrogen (secondary N) is 3. The lowest BCUT2D eigenvalue weighted by Gasteiger charge is -1.96. The Morgan fingerprint density at radius 1 is 1.19 bits per heavy atom. The number of para-hydroxylation sites is 1. The van der Waals surface area contributed by atoms with Crippen molar-refractivity contribution in [3.8, 4) is 0 Å². The standard InChI is InChI=1S/C15H11N5O/c21-15-11(13(19-20-15)14-16-5-6-17-14)8-10-7-9-3-1-2-4-12(9)18-10/h1-8,18H,(H,16,17)(H,20,21)/b11-8+. The van der Waals surface area contributed by atoms with Crippen molar-refractivity contribution in [1.29, 1.82) is 0 Å². The van der Waals surface area contributed by atoms with Crippen molar-refractivity contribution in [3.05, 3.63) is 59.8 Å². The van der Waals surface area contributed by atoms with Crippen LogP contribution < -0.4 is 5.43 Å². The van der Waals surface area contributed by atoms with Gasteiger partial charge in [0.25, 0.3) is 5.91 Å². The molecule has 1 aromatic carbocycles. The summed E-state index contributed by atoms with van der Waals surface area (Å²) in [5, 5.41) is 5.13. The fraction of sp³-hybridized carbons (Fsp3) is 0. The van der Waals surface area contributed by atoms with Gasteiger partial charge in [-0.1, -0.05) is 18.2 Å². The van der Waals surface area contributed by atoms with E-state index in [9.17, 15) is 4.79 Å². The van der Waals surface area contributed by atoms with Gasteiger partial charge in [-0.3, -0.25) is 4.79 Å². The number of imidazole rings is 1. The van der Waals surface area contributed by atoms with E-state index in [0.717, 1.165) is 16.6 Å². The summed E-state index contributed by atoms with van der Waals surface area (Å²) in [4.78, 5) is 22.3. The molecule has 0 aliphatic carbocycles. The highest BCUT2D eigenvalue weighted by atomic mass is 16.2. The topological polar surface area (TPSA) is 85.9 Å². The molecule has 3 aromatic rings. The Balaban J connectivity index is 1.79. The molecule has 1 amide bonds. The first kappa shape index (κ1) is 11.7. The second kappa shape index (κ2) is 4.45. The lowest BCUT2D eigenvalue weighted by molar-refractivity contribution is -0.116. The van der Waals surface area contributed by atoms with E-state index in [-0.39, 0.29) is 5.91 Å². The van der Waals surface area contributed by atoms with Crippen molar-refractivity contribution in [2.24, 2.45) is 5.10 Å². The van der Waals surface area contributed by atoms with Crippen molar-refractivity contribution < 1.29 is 4.79 Å². The molecule has 0 saturated carbocycles. The lowest BCUT2D eigenvalue weighted by atomic mass is 10.1. The molecule has 21 heavy (non-hydrogen) atoms. The van der Waals surface area contributed by atoms with Crippen molar-refractivity contribution in [2.75, 3.05) is 0 Å². The smallest absolute Gasteiger partial charge is 0.273 e. The number of hydrogen-bond donors (Lipinski definition) is 3. The molecule has 0 radical (unpaired) electrons. The number of rotatable bonds is 2. The third kappa shape index (κ3) is 1.93. The van der Waals surface area contributed by atoms with Crippen molar-refractivity contribution in [1.82, 2.24) is 20.4 Å². The molecule has 6 nitrogen and oxygen atoms in total. The van der Waals surface area contributed by atoms with Gasteiger partial charge in [0, 0.05) is 23.6 Å². The van der Waals surface area contributed by atoms with E-state index in [1.165, 1.54) is 0 Å². The molecule has 0 fully saturated rings. The van der Waals surface area contributed by atoms with Crippen molar-refractivity contribution >= 4 is 28.6 Å². The van der Waals surface area contributed by atoms with Crippen LogP contribution in [0.1, 0.15) is 11.5 Å². The fourth-order valence-electron chi connectivity index (χ4n) is 2.37. The number of carbonyl (C=O) groups is 1. The number of carbonyl (C=O) groups excluding carboxylic acids is 1. The number of hydrazone groups is 1. The number of amides is 1. The maximum Gasteiger partial charge on any atom is 0.273 e. The third-order valence-corrected chi connectivity index (χ3v) is 3.34. The molecule has 3 N–H and O–H groups in total.